The molecule has 0 amide bonds. The molecule has 0 saturated carbocycles. The first-order valence-corrected chi connectivity index (χ1v) is 8.38. The van der Waals surface area contributed by atoms with Crippen molar-refractivity contribution in [1.82, 2.24) is 9.62 Å². The number of nitrogens with one attached hydrogen (secondary N) is 1. The molecule has 1 aliphatic heterocycles. The highest BCUT2D eigenvalue weighted by molar-refractivity contribution is 7.89. The Morgan fingerprint density at radius 3 is 2.85 bits per heavy atom. The first kappa shape index (κ1) is 15.7. The van der Waals surface area contributed by atoms with Crippen LogP contribution < -0.4 is 5.32 Å². The summed E-state index contributed by atoms with van der Waals surface area (Å²) in [5.41, 5.74) is 0. The molecule has 20 heavy (non-hydrogen) atoms. The quantitative estimate of drug-likeness (QED) is 0.929. The highest BCUT2D eigenvalue weighted by Gasteiger charge is 2.30. The van der Waals surface area contributed by atoms with E-state index in [0.29, 0.717) is 0 Å². The first-order chi connectivity index (χ1) is 9.43. The van der Waals surface area contributed by atoms with E-state index < -0.39 is 15.8 Å². The first-order valence-electron chi connectivity index (χ1n) is 6.57. The number of halogens is 2. The molecule has 2 rings (SSSR count). The Kier molecular flexibility index (Phi) is 5.01. The molecule has 1 aromatic rings. The van der Waals surface area contributed by atoms with Crippen molar-refractivity contribution in [2.24, 2.45) is 0 Å². The van der Waals surface area contributed by atoms with Gasteiger partial charge in [0.05, 0.1) is 5.02 Å². The van der Waals surface area contributed by atoms with Crippen LogP contribution in [0.3, 0.4) is 0 Å². The number of hydrogen-bond acceptors (Lipinski definition) is 3. The van der Waals surface area contributed by atoms with Gasteiger partial charge in [0.15, 0.2) is 0 Å². The SMILES string of the molecule is CN(C1CCCNCC1)S(=O)(=O)c1cc(F)ccc1Cl. The second kappa shape index (κ2) is 6.39. The lowest BCUT2D eigenvalue weighted by molar-refractivity contribution is 0.341. The Morgan fingerprint density at radius 1 is 1.35 bits per heavy atom. The van der Waals surface area contributed by atoms with Crippen LogP contribution in [0.25, 0.3) is 0 Å². The topological polar surface area (TPSA) is 49.4 Å². The summed E-state index contributed by atoms with van der Waals surface area (Å²) in [6.45, 7) is 1.67. The van der Waals surface area contributed by atoms with Gasteiger partial charge in [-0.25, -0.2) is 12.8 Å². The predicted molar refractivity (Wildman–Crippen MR) is 76.9 cm³/mol. The molecule has 112 valence electrons. The Bertz CT molecular complexity index is 572. The largest absolute Gasteiger partial charge is 0.317 e. The third-order valence-electron chi connectivity index (χ3n) is 3.61. The Balaban J connectivity index is 2.31. The zero-order valence-corrected chi connectivity index (χ0v) is 12.8. The van der Waals surface area contributed by atoms with Gasteiger partial charge in [0.25, 0.3) is 0 Å². The maximum absolute atomic E-state index is 13.3. The van der Waals surface area contributed by atoms with E-state index in [1.54, 1.807) is 0 Å². The summed E-state index contributed by atoms with van der Waals surface area (Å²) in [7, 11) is -2.24. The van der Waals surface area contributed by atoms with Crippen LogP contribution in [-0.2, 0) is 10.0 Å². The third-order valence-corrected chi connectivity index (χ3v) is 6.00. The molecular formula is C13H18ClFN2O2S. The molecule has 1 aromatic carbocycles. The highest BCUT2D eigenvalue weighted by Crippen LogP contribution is 2.27. The molecular weight excluding hydrogens is 303 g/mol. The van der Waals surface area contributed by atoms with Crippen molar-refractivity contribution in [3.05, 3.63) is 29.0 Å². The van der Waals surface area contributed by atoms with Gasteiger partial charge in [-0.2, -0.15) is 4.31 Å². The van der Waals surface area contributed by atoms with Crippen LogP contribution in [-0.4, -0.2) is 38.9 Å². The average molecular weight is 321 g/mol. The summed E-state index contributed by atoms with van der Waals surface area (Å²) >= 11 is 5.91. The predicted octanol–water partition coefficient (Wildman–Crippen LogP) is 2.24. The minimum atomic E-state index is -3.77. The maximum atomic E-state index is 13.3. The standard InChI is InChI=1S/C13H18ClFN2O2S/c1-17(11-3-2-7-16-8-6-11)20(18,19)13-9-10(15)4-5-12(13)14/h4-5,9,11,16H,2-3,6-8H2,1H3. The molecule has 1 heterocycles. The van der Waals surface area contributed by atoms with E-state index in [4.69, 9.17) is 11.6 Å². The van der Waals surface area contributed by atoms with E-state index in [1.807, 2.05) is 0 Å². The molecule has 0 aliphatic carbocycles. The number of benzene rings is 1. The van der Waals surface area contributed by atoms with Gasteiger partial charge in [-0.05, 0) is 50.6 Å². The lowest BCUT2D eigenvalue weighted by atomic mass is 10.1. The summed E-state index contributed by atoms with van der Waals surface area (Å²) in [6, 6.07) is 3.31. The van der Waals surface area contributed by atoms with Crippen LogP contribution >= 0.6 is 11.6 Å². The average Bonchev–Trinajstić information content (AvgIpc) is 2.69. The minimum absolute atomic E-state index is 0.0463. The van der Waals surface area contributed by atoms with Crippen LogP contribution in [0.5, 0.6) is 0 Å². The molecule has 1 N–H and O–H groups in total. The van der Waals surface area contributed by atoms with Crippen molar-refractivity contribution in [3.8, 4) is 0 Å². The molecule has 0 bridgehead atoms. The fourth-order valence-corrected chi connectivity index (χ4v) is 4.29. The highest BCUT2D eigenvalue weighted by atomic mass is 35.5. The Morgan fingerprint density at radius 2 is 2.10 bits per heavy atom. The summed E-state index contributed by atoms with van der Waals surface area (Å²) in [5.74, 6) is -0.607. The zero-order valence-electron chi connectivity index (χ0n) is 11.3. The molecule has 1 aliphatic rings. The molecule has 1 fully saturated rings. The van der Waals surface area contributed by atoms with Gasteiger partial charge in [-0.15, -0.1) is 0 Å². The van der Waals surface area contributed by atoms with E-state index in [2.05, 4.69) is 5.32 Å². The van der Waals surface area contributed by atoms with Gasteiger partial charge in [-0.3, -0.25) is 0 Å². The summed E-state index contributed by atoms with van der Waals surface area (Å²) in [5, 5.41) is 3.28. The number of hydrogen-bond donors (Lipinski definition) is 1. The van der Waals surface area contributed by atoms with Crippen LogP contribution in [0, 0.1) is 5.82 Å². The normalized spacial score (nSPS) is 20.9. The van der Waals surface area contributed by atoms with Gasteiger partial charge < -0.3 is 5.32 Å². The van der Waals surface area contributed by atoms with Crippen LogP contribution in [0.4, 0.5) is 4.39 Å². The number of sulfonamides is 1. The van der Waals surface area contributed by atoms with E-state index in [1.165, 1.54) is 17.4 Å². The number of rotatable bonds is 3. The van der Waals surface area contributed by atoms with Crippen LogP contribution in [0.15, 0.2) is 23.1 Å². The molecule has 0 spiro atoms. The summed E-state index contributed by atoms with van der Waals surface area (Å²) in [4.78, 5) is -0.168. The second-order valence-electron chi connectivity index (χ2n) is 4.93. The smallest absolute Gasteiger partial charge is 0.244 e. The maximum Gasteiger partial charge on any atom is 0.244 e. The second-order valence-corrected chi connectivity index (χ2v) is 7.30. The molecule has 7 heteroatoms. The zero-order chi connectivity index (χ0) is 14.8. The van der Waals surface area contributed by atoms with Crippen molar-refractivity contribution < 1.29 is 12.8 Å². The van der Waals surface area contributed by atoms with E-state index >= 15 is 0 Å². The van der Waals surface area contributed by atoms with Crippen molar-refractivity contribution in [2.75, 3.05) is 20.1 Å². The van der Waals surface area contributed by atoms with Crippen molar-refractivity contribution in [1.29, 1.82) is 0 Å². The lowest BCUT2D eigenvalue weighted by Crippen LogP contribution is -2.37. The molecule has 0 aromatic heterocycles. The van der Waals surface area contributed by atoms with E-state index in [-0.39, 0.29) is 16.0 Å². The van der Waals surface area contributed by atoms with Crippen LogP contribution in [0.1, 0.15) is 19.3 Å². The fourth-order valence-electron chi connectivity index (χ4n) is 2.39. The summed E-state index contributed by atoms with van der Waals surface area (Å²) < 4.78 is 39.8. The van der Waals surface area contributed by atoms with E-state index in [0.717, 1.165) is 44.5 Å². The Labute approximate surface area is 124 Å². The third kappa shape index (κ3) is 3.31. The Hall–Kier alpha value is -0.690. The monoisotopic (exact) mass is 320 g/mol. The molecule has 1 saturated heterocycles. The van der Waals surface area contributed by atoms with Gasteiger partial charge in [0.2, 0.25) is 10.0 Å². The minimum Gasteiger partial charge on any atom is -0.317 e. The van der Waals surface area contributed by atoms with Gasteiger partial charge in [-0.1, -0.05) is 11.6 Å². The summed E-state index contributed by atoms with van der Waals surface area (Å²) in [6.07, 6.45) is 2.44. The molecule has 4 nitrogen and oxygen atoms in total. The van der Waals surface area contributed by atoms with Crippen LogP contribution in [0.2, 0.25) is 5.02 Å². The van der Waals surface area contributed by atoms with E-state index in [9.17, 15) is 12.8 Å². The fraction of sp³-hybridized carbons (Fsp3) is 0.538. The van der Waals surface area contributed by atoms with Crippen molar-refractivity contribution in [3.63, 3.8) is 0 Å². The molecule has 0 radical (unpaired) electrons. The van der Waals surface area contributed by atoms with Crippen molar-refractivity contribution >= 4 is 21.6 Å². The number of nitrogens with zero attached hydrogens (tertiary/aromatic N) is 1. The molecule has 1 atom stereocenters. The van der Waals surface area contributed by atoms with Gasteiger partial charge in [0.1, 0.15) is 10.7 Å². The van der Waals surface area contributed by atoms with Gasteiger partial charge >= 0.3 is 0 Å². The van der Waals surface area contributed by atoms with Crippen molar-refractivity contribution in [2.45, 2.75) is 30.2 Å². The molecule has 1 unspecified atom stereocenters. The lowest BCUT2D eigenvalue weighted by Gasteiger charge is -2.26. The van der Waals surface area contributed by atoms with Gasteiger partial charge in [0, 0.05) is 13.1 Å².